The Morgan fingerprint density at radius 2 is 2.17 bits per heavy atom. The van der Waals surface area contributed by atoms with Gasteiger partial charge in [-0.1, -0.05) is 18.3 Å². The van der Waals surface area contributed by atoms with E-state index in [-0.39, 0.29) is 5.91 Å². The minimum atomic E-state index is -0.811. The van der Waals surface area contributed by atoms with Gasteiger partial charge < -0.3 is 10.6 Å². The first-order valence-electron chi connectivity index (χ1n) is 5.79. The Hall–Kier alpha value is -1.02. The highest BCUT2D eigenvalue weighted by molar-refractivity contribution is 7.84. The predicted molar refractivity (Wildman–Crippen MR) is 74.6 cm³/mol. The smallest absolute Gasteiger partial charge is 0.282 e. The van der Waals surface area contributed by atoms with Crippen LogP contribution in [0.3, 0.4) is 0 Å². The molecule has 0 saturated carbocycles. The van der Waals surface area contributed by atoms with Gasteiger partial charge in [-0.2, -0.15) is 0 Å². The number of carbonyl (C=O) groups excluding carboxylic acids is 1. The van der Waals surface area contributed by atoms with Crippen LogP contribution in [0.25, 0.3) is 0 Å². The lowest BCUT2D eigenvalue weighted by molar-refractivity contribution is 0.0952. The molecule has 0 saturated heterocycles. The summed E-state index contributed by atoms with van der Waals surface area (Å²) in [7, 11) is -0.811. The zero-order valence-corrected chi connectivity index (χ0v) is 12.2. The molecule has 0 aliphatic rings. The molecule has 0 spiro atoms. The summed E-state index contributed by atoms with van der Waals surface area (Å²) in [5.41, 5.74) is 0. The van der Waals surface area contributed by atoms with Gasteiger partial charge in [0.05, 0.1) is 0 Å². The van der Waals surface area contributed by atoms with Crippen molar-refractivity contribution in [1.29, 1.82) is 0 Å². The van der Waals surface area contributed by atoms with E-state index >= 15 is 0 Å². The molecule has 8 heteroatoms. The van der Waals surface area contributed by atoms with Crippen LogP contribution in [0.1, 0.15) is 29.6 Å². The summed E-state index contributed by atoms with van der Waals surface area (Å²) in [6.07, 6.45) is 3.35. The average molecular weight is 290 g/mol. The highest BCUT2D eigenvalue weighted by Crippen LogP contribution is 2.14. The van der Waals surface area contributed by atoms with Crippen LogP contribution in [-0.2, 0) is 10.8 Å². The number of carbonyl (C=O) groups is 1. The molecular formula is C10H18N4O2S2. The minimum absolute atomic E-state index is 0.223. The molecule has 102 valence electrons. The van der Waals surface area contributed by atoms with E-state index in [0.29, 0.717) is 28.9 Å². The number of hydrogen-bond donors (Lipinski definition) is 2. The van der Waals surface area contributed by atoms with Crippen molar-refractivity contribution in [3.05, 3.63) is 5.01 Å². The van der Waals surface area contributed by atoms with Crippen molar-refractivity contribution < 1.29 is 9.00 Å². The number of anilines is 1. The first-order chi connectivity index (χ1) is 8.63. The van der Waals surface area contributed by atoms with Crippen molar-refractivity contribution >= 4 is 33.2 Å². The lowest BCUT2D eigenvalue weighted by Crippen LogP contribution is -2.25. The second kappa shape index (κ2) is 8.15. The third kappa shape index (κ3) is 5.54. The van der Waals surface area contributed by atoms with Gasteiger partial charge in [-0.05, 0) is 12.8 Å². The van der Waals surface area contributed by atoms with Crippen molar-refractivity contribution in [3.8, 4) is 0 Å². The van der Waals surface area contributed by atoms with Crippen LogP contribution in [0, 0.1) is 0 Å². The lowest BCUT2D eigenvalue weighted by atomic mass is 10.4. The Bertz CT molecular complexity index is 408. The third-order valence-corrected chi connectivity index (χ3v) is 3.78. The van der Waals surface area contributed by atoms with Gasteiger partial charge in [0, 0.05) is 35.9 Å². The number of hydrogen-bond acceptors (Lipinski definition) is 6. The SMILES string of the molecule is CCCNc1nnc(C(=O)NCCCS(C)=O)s1. The van der Waals surface area contributed by atoms with Crippen molar-refractivity contribution in [2.24, 2.45) is 0 Å². The first kappa shape index (κ1) is 15.0. The van der Waals surface area contributed by atoms with Gasteiger partial charge >= 0.3 is 0 Å². The zero-order chi connectivity index (χ0) is 13.4. The van der Waals surface area contributed by atoms with E-state index < -0.39 is 10.8 Å². The summed E-state index contributed by atoms with van der Waals surface area (Å²) in [6.45, 7) is 3.38. The summed E-state index contributed by atoms with van der Waals surface area (Å²) in [5.74, 6) is 0.374. The Labute approximate surface area is 113 Å². The number of amides is 1. The molecule has 0 fully saturated rings. The highest BCUT2D eigenvalue weighted by atomic mass is 32.2. The van der Waals surface area contributed by atoms with E-state index in [1.807, 2.05) is 0 Å². The fourth-order valence-electron chi connectivity index (χ4n) is 1.17. The van der Waals surface area contributed by atoms with Gasteiger partial charge in [-0.15, -0.1) is 10.2 Å². The summed E-state index contributed by atoms with van der Waals surface area (Å²) in [6, 6.07) is 0. The van der Waals surface area contributed by atoms with Crippen molar-refractivity contribution in [2.75, 3.05) is 30.4 Å². The van der Waals surface area contributed by atoms with Crippen LogP contribution in [0.2, 0.25) is 0 Å². The van der Waals surface area contributed by atoms with E-state index in [1.165, 1.54) is 11.3 Å². The molecule has 1 heterocycles. The van der Waals surface area contributed by atoms with Crippen LogP contribution in [-0.4, -0.2) is 45.4 Å². The number of nitrogens with one attached hydrogen (secondary N) is 2. The van der Waals surface area contributed by atoms with Gasteiger partial charge in [0.15, 0.2) is 0 Å². The third-order valence-electron chi connectivity index (χ3n) is 2.04. The number of rotatable bonds is 8. The second-order valence-corrected chi connectivity index (χ2v) is 6.26. The molecule has 1 rings (SSSR count). The minimum Gasteiger partial charge on any atom is -0.360 e. The van der Waals surface area contributed by atoms with Gasteiger partial charge in [-0.3, -0.25) is 9.00 Å². The highest BCUT2D eigenvalue weighted by Gasteiger charge is 2.11. The monoisotopic (exact) mass is 290 g/mol. The quantitative estimate of drug-likeness (QED) is 0.694. The molecule has 6 nitrogen and oxygen atoms in total. The molecule has 0 aliphatic heterocycles. The molecule has 2 N–H and O–H groups in total. The summed E-state index contributed by atoms with van der Waals surface area (Å²) in [5, 5.41) is 14.5. The van der Waals surface area contributed by atoms with Gasteiger partial charge in [0.25, 0.3) is 5.91 Å². The van der Waals surface area contributed by atoms with Crippen LogP contribution >= 0.6 is 11.3 Å². The maximum Gasteiger partial charge on any atom is 0.282 e. The Balaban J connectivity index is 2.32. The zero-order valence-electron chi connectivity index (χ0n) is 10.6. The normalized spacial score (nSPS) is 12.1. The molecule has 18 heavy (non-hydrogen) atoms. The molecular weight excluding hydrogens is 272 g/mol. The van der Waals surface area contributed by atoms with E-state index in [9.17, 15) is 9.00 Å². The maximum atomic E-state index is 11.7. The number of aromatic nitrogens is 2. The Kier molecular flexibility index (Phi) is 6.81. The van der Waals surface area contributed by atoms with E-state index in [4.69, 9.17) is 0 Å². The summed E-state index contributed by atoms with van der Waals surface area (Å²) < 4.78 is 10.8. The molecule has 1 amide bonds. The second-order valence-electron chi connectivity index (χ2n) is 3.73. The summed E-state index contributed by atoms with van der Waals surface area (Å²) >= 11 is 1.24. The molecule has 0 aliphatic carbocycles. The largest absolute Gasteiger partial charge is 0.360 e. The molecule has 1 aromatic heterocycles. The van der Waals surface area contributed by atoms with Gasteiger partial charge in [0.1, 0.15) is 0 Å². The average Bonchev–Trinajstić information content (AvgIpc) is 2.80. The topological polar surface area (TPSA) is 84.0 Å². The molecule has 1 unspecified atom stereocenters. The van der Waals surface area contributed by atoms with E-state index in [1.54, 1.807) is 6.26 Å². The molecule has 1 atom stereocenters. The van der Waals surface area contributed by atoms with Crippen LogP contribution in [0.4, 0.5) is 5.13 Å². The van der Waals surface area contributed by atoms with Crippen molar-refractivity contribution in [1.82, 2.24) is 15.5 Å². The number of nitrogens with zero attached hydrogens (tertiary/aromatic N) is 2. The Morgan fingerprint density at radius 3 is 2.83 bits per heavy atom. The Morgan fingerprint density at radius 1 is 1.39 bits per heavy atom. The lowest BCUT2D eigenvalue weighted by Gasteiger charge is -2.00. The van der Waals surface area contributed by atoms with Crippen LogP contribution in [0.15, 0.2) is 0 Å². The molecule has 1 aromatic rings. The van der Waals surface area contributed by atoms with E-state index in [0.717, 1.165) is 13.0 Å². The summed E-state index contributed by atoms with van der Waals surface area (Å²) in [4.78, 5) is 11.7. The first-order valence-corrected chi connectivity index (χ1v) is 8.33. The van der Waals surface area contributed by atoms with Crippen molar-refractivity contribution in [3.63, 3.8) is 0 Å². The van der Waals surface area contributed by atoms with Crippen LogP contribution < -0.4 is 10.6 Å². The van der Waals surface area contributed by atoms with Crippen molar-refractivity contribution in [2.45, 2.75) is 19.8 Å². The molecule has 0 bridgehead atoms. The fourth-order valence-corrected chi connectivity index (χ4v) is 2.41. The van der Waals surface area contributed by atoms with Gasteiger partial charge in [-0.25, -0.2) is 0 Å². The standard InChI is InChI=1S/C10H18N4O2S2/c1-3-5-12-10-14-13-9(17-10)8(15)11-6-4-7-18(2)16/h3-7H2,1-2H3,(H,11,15)(H,12,14). The van der Waals surface area contributed by atoms with Gasteiger partial charge in [0.2, 0.25) is 10.1 Å². The molecule has 0 aromatic carbocycles. The fraction of sp³-hybridized carbons (Fsp3) is 0.700. The van der Waals surface area contributed by atoms with E-state index in [2.05, 4.69) is 27.8 Å². The van der Waals surface area contributed by atoms with Crippen LogP contribution in [0.5, 0.6) is 0 Å². The predicted octanol–water partition coefficient (Wildman–Crippen LogP) is 0.858. The molecule has 0 radical (unpaired) electrons. The maximum absolute atomic E-state index is 11.7.